The van der Waals surface area contributed by atoms with E-state index in [0.29, 0.717) is 5.71 Å². The summed E-state index contributed by atoms with van der Waals surface area (Å²) in [6, 6.07) is 15.3. The van der Waals surface area contributed by atoms with Crippen molar-refractivity contribution in [3.63, 3.8) is 0 Å². The summed E-state index contributed by atoms with van der Waals surface area (Å²) in [5.41, 5.74) is 5.10. The van der Waals surface area contributed by atoms with E-state index in [4.69, 9.17) is 5.41 Å². The van der Waals surface area contributed by atoms with Gasteiger partial charge in [0, 0.05) is 27.9 Å². The fourth-order valence-corrected chi connectivity index (χ4v) is 2.88. The number of phenols is 1. The molecule has 0 amide bonds. The molecule has 2 N–H and O–H groups in total. The number of aromatic nitrogens is 1. The minimum Gasteiger partial charge on any atom is -0.507 e. The summed E-state index contributed by atoms with van der Waals surface area (Å²) < 4.78 is 0. The monoisotopic (exact) mass is 304 g/mol. The van der Waals surface area contributed by atoms with E-state index in [0.717, 1.165) is 46.1 Å². The van der Waals surface area contributed by atoms with Gasteiger partial charge in [-0.2, -0.15) is 0 Å². The number of hydrogen-bond acceptors (Lipinski definition) is 3. The molecule has 2 aromatic carbocycles. The Labute approximate surface area is 136 Å². The van der Waals surface area contributed by atoms with Gasteiger partial charge in [-0.3, -0.25) is 4.98 Å². The standard InChI is InChI=1S/C20H20N2O/c1-3-6-18(21)17-11-13(2)22-19-12-14(9-10-16(17)19)15-7-4-5-8-20(15)23/h4-5,7-12,21,23H,3,6H2,1-2H3. The van der Waals surface area contributed by atoms with Crippen LogP contribution in [0.5, 0.6) is 5.75 Å². The Kier molecular flexibility index (Phi) is 4.11. The molecule has 0 saturated carbocycles. The van der Waals surface area contributed by atoms with Crippen molar-refractivity contribution in [1.82, 2.24) is 4.98 Å². The molecule has 116 valence electrons. The number of fused-ring (bicyclic) bond motifs is 1. The third-order valence-corrected chi connectivity index (χ3v) is 3.98. The molecule has 3 nitrogen and oxygen atoms in total. The van der Waals surface area contributed by atoms with Gasteiger partial charge in [0.2, 0.25) is 0 Å². The molecule has 1 heterocycles. The largest absolute Gasteiger partial charge is 0.507 e. The molecule has 0 bridgehead atoms. The molecule has 0 fully saturated rings. The number of nitrogens with zero attached hydrogens (tertiary/aromatic N) is 1. The zero-order valence-electron chi connectivity index (χ0n) is 13.4. The minimum absolute atomic E-state index is 0.262. The van der Waals surface area contributed by atoms with Crippen molar-refractivity contribution < 1.29 is 5.11 Å². The predicted octanol–water partition coefficient (Wildman–Crippen LogP) is 5.08. The Balaban J connectivity index is 2.18. The Bertz CT molecular complexity index is 884. The van der Waals surface area contributed by atoms with Crippen molar-refractivity contribution in [2.24, 2.45) is 0 Å². The van der Waals surface area contributed by atoms with Crippen molar-refractivity contribution in [3.05, 3.63) is 59.8 Å². The average Bonchev–Trinajstić information content (AvgIpc) is 2.54. The van der Waals surface area contributed by atoms with Gasteiger partial charge in [0.25, 0.3) is 0 Å². The first kappa shape index (κ1) is 15.2. The smallest absolute Gasteiger partial charge is 0.123 e. The number of hydrogen-bond donors (Lipinski definition) is 2. The maximum atomic E-state index is 10.0. The number of rotatable bonds is 4. The molecule has 0 aliphatic rings. The normalized spacial score (nSPS) is 10.9. The number of pyridine rings is 1. The number of para-hydroxylation sites is 1. The van der Waals surface area contributed by atoms with Crippen LogP contribution in [0.2, 0.25) is 0 Å². The molecule has 0 saturated heterocycles. The van der Waals surface area contributed by atoms with E-state index in [1.165, 1.54) is 0 Å². The second kappa shape index (κ2) is 6.21. The van der Waals surface area contributed by atoms with Gasteiger partial charge in [0.05, 0.1) is 5.52 Å². The van der Waals surface area contributed by atoms with Crippen LogP contribution in [0.1, 0.15) is 31.0 Å². The van der Waals surface area contributed by atoms with E-state index in [1.807, 2.05) is 49.4 Å². The van der Waals surface area contributed by atoms with Crippen molar-refractivity contribution in [1.29, 1.82) is 5.41 Å². The van der Waals surface area contributed by atoms with Gasteiger partial charge >= 0.3 is 0 Å². The quantitative estimate of drug-likeness (QED) is 0.660. The molecule has 0 unspecified atom stereocenters. The first-order valence-electron chi connectivity index (χ1n) is 7.87. The molecule has 23 heavy (non-hydrogen) atoms. The molecule has 0 aliphatic carbocycles. The summed E-state index contributed by atoms with van der Waals surface area (Å²) >= 11 is 0. The molecule has 0 spiro atoms. The lowest BCUT2D eigenvalue weighted by Gasteiger charge is -2.11. The fourth-order valence-electron chi connectivity index (χ4n) is 2.88. The van der Waals surface area contributed by atoms with Crippen LogP contribution in [-0.2, 0) is 0 Å². The Morgan fingerprint density at radius 3 is 2.65 bits per heavy atom. The number of benzene rings is 2. The number of phenolic OH excluding ortho intramolecular Hbond substituents is 1. The van der Waals surface area contributed by atoms with E-state index in [2.05, 4.69) is 11.9 Å². The third kappa shape index (κ3) is 2.95. The van der Waals surface area contributed by atoms with Gasteiger partial charge in [-0.1, -0.05) is 43.7 Å². The van der Waals surface area contributed by atoms with Gasteiger partial charge in [-0.15, -0.1) is 0 Å². The van der Waals surface area contributed by atoms with Crippen molar-refractivity contribution >= 4 is 16.6 Å². The molecular formula is C20H20N2O. The summed E-state index contributed by atoms with van der Waals surface area (Å²) in [5, 5.41) is 19.3. The van der Waals surface area contributed by atoms with Crippen LogP contribution in [-0.4, -0.2) is 15.8 Å². The number of aromatic hydroxyl groups is 1. The lowest BCUT2D eigenvalue weighted by molar-refractivity contribution is 0.477. The second-order valence-corrected chi connectivity index (χ2v) is 5.79. The highest BCUT2D eigenvalue weighted by atomic mass is 16.3. The van der Waals surface area contributed by atoms with Crippen LogP contribution in [0.3, 0.4) is 0 Å². The highest BCUT2D eigenvalue weighted by Crippen LogP contribution is 2.31. The van der Waals surface area contributed by atoms with Crippen LogP contribution in [0.25, 0.3) is 22.0 Å². The maximum Gasteiger partial charge on any atom is 0.123 e. The maximum absolute atomic E-state index is 10.0. The van der Waals surface area contributed by atoms with Gasteiger partial charge in [0.15, 0.2) is 0 Å². The molecule has 0 atom stereocenters. The van der Waals surface area contributed by atoms with E-state index in [9.17, 15) is 5.11 Å². The van der Waals surface area contributed by atoms with Gasteiger partial charge < -0.3 is 10.5 Å². The topological polar surface area (TPSA) is 57.0 Å². The van der Waals surface area contributed by atoms with E-state index >= 15 is 0 Å². The van der Waals surface area contributed by atoms with Crippen molar-refractivity contribution in [3.8, 4) is 16.9 Å². The predicted molar refractivity (Wildman–Crippen MR) is 95.3 cm³/mol. The van der Waals surface area contributed by atoms with E-state index in [-0.39, 0.29) is 5.75 Å². The molecule has 0 aliphatic heterocycles. The van der Waals surface area contributed by atoms with Crippen LogP contribution in [0.4, 0.5) is 0 Å². The van der Waals surface area contributed by atoms with Crippen LogP contribution < -0.4 is 0 Å². The highest BCUT2D eigenvalue weighted by Gasteiger charge is 2.11. The zero-order chi connectivity index (χ0) is 16.4. The lowest BCUT2D eigenvalue weighted by Crippen LogP contribution is -2.01. The molecule has 3 rings (SSSR count). The van der Waals surface area contributed by atoms with Crippen molar-refractivity contribution in [2.75, 3.05) is 0 Å². The Morgan fingerprint density at radius 1 is 1.13 bits per heavy atom. The summed E-state index contributed by atoms with van der Waals surface area (Å²) in [6.07, 6.45) is 1.72. The summed E-state index contributed by atoms with van der Waals surface area (Å²) in [5.74, 6) is 0.262. The SMILES string of the molecule is CCCC(=N)c1cc(C)nc2cc(-c3ccccc3O)ccc12. The summed E-state index contributed by atoms with van der Waals surface area (Å²) in [4.78, 5) is 4.62. The second-order valence-electron chi connectivity index (χ2n) is 5.79. The van der Waals surface area contributed by atoms with Gasteiger partial charge in [0.1, 0.15) is 5.75 Å². The molecular weight excluding hydrogens is 284 g/mol. The summed E-state index contributed by atoms with van der Waals surface area (Å²) in [7, 11) is 0. The van der Waals surface area contributed by atoms with Crippen molar-refractivity contribution in [2.45, 2.75) is 26.7 Å². The van der Waals surface area contributed by atoms with Crippen LogP contribution >= 0.6 is 0 Å². The van der Waals surface area contributed by atoms with Gasteiger partial charge in [-0.25, -0.2) is 0 Å². The molecule has 0 radical (unpaired) electrons. The lowest BCUT2D eigenvalue weighted by atomic mass is 9.97. The van der Waals surface area contributed by atoms with Crippen LogP contribution in [0.15, 0.2) is 48.5 Å². The highest BCUT2D eigenvalue weighted by molar-refractivity contribution is 6.09. The zero-order valence-corrected chi connectivity index (χ0v) is 13.4. The fraction of sp³-hybridized carbons (Fsp3) is 0.200. The molecule has 3 aromatic rings. The number of aryl methyl sites for hydroxylation is 1. The first-order valence-corrected chi connectivity index (χ1v) is 7.87. The van der Waals surface area contributed by atoms with Gasteiger partial charge in [-0.05, 0) is 37.1 Å². The molecule has 3 heteroatoms. The average molecular weight is 304 g/mol. The Morgan fingerprint density at radius 2 is 1.91 bits per heavy atom. The van der Waals surface area contributed by atoms with E-state index in [1.54, 1.807) is 6.07 Å². The molecule has 1 aromatic heterocycles. The van der Waals surface area contributed by atoms with Crippen LogP contribution in [0, 0.1) is 12.3 Å². The third-order valence-electron chi connectivity index (χ3n) is 3.98. The Hall–Kier alpha value is -2.68. The minimum atomic E-state index is 0.262. The van der Waals surface area contributed by atoms with E-state index < -0.39 is 0 Å². The summed E-state index contributed by atoms with van der Waals surface area (Å²) in [6.45, 7) is 4.04. The number of nitrogens with one attached hydrogen (secondary N) is 1. The first-order chi connectivity index (χ1) is 11.1.